The first-order chi connectivity index (χ1) is 13.9. The highest BCUT2D eigenvalue weighted by molar-refractivity contribution is 14.0. The van der Waals surface area contributed by atoms with Gasteiger partial charge in [-0.05, 0) is 36.2 Å². The molecule has 1 saturated heterocycles. The highest BCUT2D eigenvalue weighted by Gasteiger charge is 2.30. The number of nitrogens with one attached hydrogen (secondary N) is 1. The fraction of sp³-hybridized carbons (Fsp3) is 0.429. The van der Waals surface area contributed by atoms with Crippen molar-refractivity contribution in [3.05, 3.63) is 65.0 Å². The van der Waals surface area contributed by atoms with Crippen LogP contribution in [0.25, 0.3) is 0 Å². The Bertz CT molecular complexity index is 831. The molecule has 30 heavy (non-hydrogen) atoms. The summed E-state index contributed by atoms with van der Waals surface area (Å²) in [5, 5.41) is 3.37. The van der Waals surface area contributed by atoms with Crippen molar-refractivity contribution in [3.63, 3.8) is 0 Å². The zero-order valence-electron chi connectivity index (χ0n) is 17.1. The van der Waals surface area contributed by atoms with Crippen LogP contribution in [0.4, 0.5) is 13.2 Å². The lowest BCUT2D eigenvalue weighted by Crippen LogP contribution is -2.52. The number of aromatic nitrogens is 1. The van der Waals surface area contributed by atoms with E-state index in [0.717, 1.165) is 61.1 Å². The third kappa shape index (κ3) is 6.56. The first-order valence-corrected chi connectivity index (χ1v) is 9.61. The lowest BCUT2D eigenvalue weighted by Gasteiger charge is -2.36. The molecule has 0 saturated carbocycles. The molecule has 1 aromatic carbocycles. The molecule has 0 bridgehead atoms. The molecule has 5 nitrogen and oxygen atoms in total. The number of pyridine rings is 1. The summed E-state index contributed by atoms with van der Waals surface area (Å²) in [7, 11) is 1.77. The summed E-state index contributed by atoms with van der Waals surface area (Å²) in [5.74, 6) is 0.837. The molecule has 1 fully saturated rings. The normalized spacial score (nSPS) is 15.6. The van der Waals surface area contributed by atoms with Crippen molar-refractivity contribution in [2.45, 2.75) is 26.2 Å². The fourth-order valence-electron chi connectivity index (χ4n) is 3.37. The van der Waals surface area contributed by atoms with Crippen LogP contribution >= 0.6 is 24.0 Å². The van der Waals surface area contributed by atoms with Crippen LogP contribution in [0.3, 0.4) is 0 Å². The van der Waals surface area contributed by atoms with E-state index in [1.165, 1.54) is 0 Å². The molecule has 0 amide bonds. The number of piperazine rings is 1. The number of benzene rings is 1. The zero-order chi connectivity index (χ0) is 20.9. The van der Waals surface area contributed by atoms with Gasteiger partial charge in [0.05, 0.1) is 17.8 Å². The Hall–Kier alpha value is -1.88. The van der Waals surface area contributed by atoms with Crippen LogP contribution in [0.2, 0.25) is 0 Å². The van der Waals surface area contributed by atoms with Crippen LogP contribution in [-0.2, 0) is 19.3 Å². The molecule has 0 spiro atoms. The number of hydrogen-bond acceptors (Lipinski definition) is 3. The number of guanidine groups is 1. The van der Waals surface area contributed by atoms with Crippen molar-refractivity contribution in [2.75, 3.05) is 33.2 Å². The largest absolute Gasteiger partial charge is 0.416 e. The predicted molar refractivity (Wildman–Crippen MR) is 123 cm³/mol. The van der Waals surface area contributed by atoms with E-state index < -0.39 is 11.7 Å². The van der Waals surface area contributed by atoms with Gasteiger partial charge in [0.15, 0.2) is 5.96 Å². The molecule has 3 rings (SSSR count). The number of rotatable bonds is 4. The van der Waals surface area contributed by atoms with Crippen molar-refractivity contribution in [1.82, 2.24) is 20.1 Å². The molecule has 1 aromatic heterocycles. The van der Waals surface area contributed by atoms with Crippen LogP contribution in [0.15, 0.2) is 47.6 Å². The Morgan fingerprint density at radius 2 is 1.77 bits per heavy atom. The van der Waals surface area contributed by atoms with Gasteiger partial charge in [-0.25, -0.2) is 0 Å². The van der Waals surface area contributed by atoms with Crippen molar-refractivity contribution in [1.29, 1.82) is 0 Å². The number of nitrogens with zero attached hydrogens (tertiary/aromatic N) is 4. The Balaban J connectivity index is 0.00000320. The summed E-state index contributed by atoms with van der Waals surface area (Å²) < 4.78 is 38.1. The van der Waals surface area contributed by atoms with E-state index >= 15 is 0 Å². The minimum absolute atomic E-state index is 0. The fourth-order valence-corrected chi connectivity index (χ4v) is 3.37. The van der Waals surface area contributed by atoms with E-state index in [0.29, 0.717) is 13.1 Å². The Labute approximate surface area is 192 Å². The van der Waals surface area contributed by atoms with E-state index in [4.69, 9.17) is 0 Å². The van der Waals surface area contributed by atoms with Gasteiger partial charge in [-0.15, -0.1) is 24.0 Å². The van der Waals surface area contributed by atoms with Crippen molar-refractivity contribution in [3.8, 4) is 0 Å². The maximum Gasteiger partial charge on any atom is 0.416 e. The quantitative estimate of drug-likeness (QED) is 0.368. The molecule has 1 aliphatic heterocycles. The molecule has 9 heteroatoms. The maximum absolute atomic E-state index is 12.7. The smallest absolute Gasteiger partial charge is 0.351 e. The van der Waals surface area contributed by atoms with Gasteiger partial charge in [-0.3, -0.25) is 14.9 Å². The lowest BCUT2D eigenvalue weighted by atomic mass is 10.1. The number of hydrogen-bond donors (Lipinski definition) is 1. The SMILES string of the molecule is CN=C(NCc1ncccc1C)N1CCN(Cc2ccc(C(F)(F)F)cc2)CC1.I. The van der Waals surface area contributed by atoms with E-state index in [1.807, 2.05) is 19.1 Å². The third-order valence-corrected chi connectivity index (χ3v) is 5.10. The maximum atomic E-state index is 12.7. The number of aryl methyl sites for hydroxylation is 1. The predicted octanol–water partition coefficient (Wildman–Crippen LogP) is 3.92. The van der Waals surface area contributed by atoms with E-state index in [2.05, 4.69) is 25.1 Å². The van der Waals surface area contributed by atoms with Crippen LogP contribution in [-0.4, -0.2) is 54.0 Å². The number of aliphatic imine (C=N–C) groups is 1. The topological polar surface area (TPSA) is 43.8 Å². The second kappa shape index (κ2) is 10.9. The first-order valence-electron chi connectivity index (χ1n) is 9.61. The van der Waals surface area contributed by atoms with Gasteiger partial charge in [0, 0.05) is 46.0 Å². The van der Waals surface area contributed by atoms with Crippen LogP contribution in [0.1, 0.15) is 22.4 Å². The molecule has 0 aliphatic carbocycles. The van der Waals surface area contributed by atoms with Gasteiger partial charge in [0.1, 0.15) is 0 Å². The van der Waals surface area contributed by atoms with Gasteiger partial charge < -0.3 is 10.2 Å². The molecule has 0 atom stereocenters. The zero-order valence-corrected chi connectivity index (χ0v) is 19.4. The molecular formula is C21H27F3IN5. The van der Waals surface area contributed by atoms with Gasteiger partial charge in [0.25, 0.3) is 0 Å². The Kier molecular flexibility index (Phi) is 8.90. The van der Waals surface area contributed by atoms with Gasteiger partial charge in [0.2, 0.25) is 0 Å². The molecule has 164 valence electrons. The average Bonchev–Trinajstić information content (AvgIpc) is 2.70. The van der Waals surface area contributed by atoms with E-state index in [-0.39, 0.29) is 24.0 Å². The summed E-state index contributed by atoms with van der Waals surface area (Å²) in [6.45, 7) is 6.56. The lowest BCUT2D eigenvalue weighted by molar-refractivity contribution is -0.137. The van der Waals surface area contributed by atoms with Crippen molar-refractivity contribution >= 4 is 29.9 Å². The van der Waals surface area contributed by atoms with E-state index in [1.54, 1.807) is 25.4 Å². The average molecular weight is 533 g/mol. The monoisotopic (exact) mass is 533 g/mol. The minimum Gasteiger partial charge on any atom is -0.351 e. The van der Waals surface area contributed by atoms with Crippen molar-refractivity contribution < 1.29 is 13.2 Å². The molecule has 1 N–H and O–H groups in total. The number of halogens is 4. The second-order valence-electron chi connectivity index (χ2n) is 7.13. The molecule has 0 radical (unpaired) electrons. The van der Waals surface area contributed by atoms with Gasteiger partial charge >= 0.3 is 6.18 Å². The molecule has 1 aliphatic rings. The Morgan fingerprint density at radius 1 is 1.10 bits per heavy atom. The highest BCUT2D eigenvalue weighted by Crippen LogP contribution is 2.29. The highest BCUT2D eigenvalue weighted by atomic mass is 127. The second-order valence-corrected chi connectivity index (χ2v) is 7.13. The standard InChI is InChI=1S/C21H26F3N5.HI/c1-16-4-3-9-26-19(16)14-27-20(25-2)29-12-10-28(11-13-29)15-17-5-7-18(8-6-17)21(22,23)24;/h3-9H,10-15H2,1-2H3,(H,25,27);1H. The summed E-state index contributed by atoms with van der Waals surface area (Å²) in [6, 6.07) is 9.37. The molecule has 2 aromatic rings. The van der Waals surface area contributed by atoms with Crippen LogP contribution < -0.4 is 5.32 Å². The first kappa shape index (κ1) is 24.4. The summed E-state index contributed by atoms with van der Waals surface area (Å²) in [4.78, 5) is 13.2. The minimum atomic E-state index is -4.29. The molecule has 0 unspecified atom stereocenters. The van der Waals surface area contributed by atoms with Crippen LogP contribution in [0.5, 0.6) is 0 Å². The van der Waals surface area contributed by atoms with Crippen LogP contribution in [0, 0.1) is 6.92 Å². The molecule has 2 heterocycles. The van der Waals surface area contributed by atoms with Gasteiger partial charge in [-0.2, -0.15) is 13.2 Å². The molecular weight excluding hydrogens is 506 g/mol. The van der Waals surface area contributed by atoms with E-state index in [9.17, 15) is 13.2 Å². The summed E-state index contributed by atoms with van der Waals surface area (Å²) >= 11 is 0. The Morgan fingerprint density at radius 3 is 2.33 bits per heavy atom. The number of alkyl halides is 3. The third-order valence-electron chi connectivity index (χ3n) is 5.10. The summed E-state index contributed by atoms with van der Waals surface area (Å²) in [5.41, 5.74) is 2.41. The van der Waals surface area contributed by atoms with Crippen molar-refractivity contribution in [2.24, 2.45) is 4.99 Å². The van der Waals surface area contributed by atoms with Gasteiger partial charge in [-0.1, -0.05) is 18.2 Å². The summed E-state index contributed by atoms with van der Waals surface area (Å²) in [6.07, 6.45) is -2.51.